The number of carbonyl (C=O) groups is 1. The summed E-state index contributed by atoms with van der Waals surface area (Å²) in [6, 6.07) is 5.06. The molecule has 2 aromatic rings. The summed E-state index contributed by atoms with van der Waals surface area (Å²) in [5.41, 5.74) is 6.62. The average Bonchev–Trinajstić information content (AvgIpc) is 2.81. The predicted molar refractivity (Wildman–Crippen MR) is 64.7 cm³/mol. The number of hydrogen-bond acceptors (Lipinski definition) is 4. The van der Waals surface area contributed by atoms with E-state index in [1.54, 1.807) is 24.4 Å². The number of nitrogens with zero attached hydrogens (tertiary/aromatic N) is 1. The lowest BCUT2D eigenvalue weighted by Crippen LogP contribution is -2.12. The van der Waals surface area contributed by atoms with Crippen LogP contribution < -0.4 is 11.1 Å². The molecule has 0 unspecified atom stereocenters. The van der Waals surface area contributed by atoms with Crippen molar-refractivity contribution < 1.29 is 9.21 Å². The van der Waals surface area contributed by atoms with Gasteiger partial charge in [0.25, 0.3) is 5.91 Å². The normalized spacial score (nSPS) is 10.2. The lowest BCUT2D eigenvalue weighted by Gasteiger charge is -2.05. The van der Waals surface area contributed by atoms with E-state index in [0.29, 0.717) is 11.4 Å². The van der Waals surface area contributed by atoms with E-state index < -0.39 is 0 Å². The number of nitrogens with two attached hydrogens (primary N) is 1. The van der Waals surface area contributed by atoms with Crippen molar-refractivity contribution in [2.75, 3.05) is 11.1 Å². The third kappa shape index (κ3) is 2.44. The molecule has 0 saturated carbocycles. The highest BCUT2D eigenvalue weighted by molar-refractivity contribution is 6.03. The third-order valence-electron chi connectivity index (χ3n) is 2.33. The van der Waals surface area contributed by atoms with Crippen LogP contribution in [-0.2, 0) is 6.42 Å². The lowest BCUT2D eigenvalue weighted by molar-refractivity contribution is 0.0995. The Hall–Kier alpha value is -2.30. The second-order valence-electron chi connectivity index (χ2n) is 3.54. The van der Waals surface area contributed by atoms with Gasteiger partial charge in [-0.2, -0.15) is 0 Å². The third-order valence-corrected chi connectivity index (χ3v) is 2.33. The first kappa shape index (κ1) is 11.2. The van der Waals surface area contributed by atoms with Crippen molar-refractivity contribution in [3.8, 4) is 0 Å². The summed E-state index contributed by atoms with van der Waals surface area (Å²) >= 11 is 0. The van der Waals surface area contributed by atoms with Crippen LogP contribution in [0.4, 0.5) is 11.4 Å². The number of anilines is 2. The molecule has 3 N–H and O–H groups in total. The van der Waals surface area contributed by atoms with Gasteiger partial charge in [-0.05, 0) is 18.2 Å². The number of carbonyl (C=O) groups excluding carboxylic acids is 1. The Balaban J connectivity index is 2.14. The van der Waals surface area contributed by atoms with Crippen molar-refractivity contribution in [2.24, 2.45) is 0 Å². The van der Waals surface area contributed by atoms with E-state index in [1.165, 1.54) is 6.20 Å². The SMILES string of the molecule is CCc1ccc(C(=O)Nc2ccncc2N)o1. The molecule has 5 heteroatoms. The summed E-state index contributed by atoms with van der Waals surface area (Å²) in [5, 5.41) is 2.67. The molecule has 0 aliphatic rings. The lowest BCUT2D eigenvalue weighted by atomic mass is 10.3. The largest absolute Gasteiger partial charge is 0.456 e. The second-order valence-corrected chi connectivity index (χ2v) is 3.54. The summed E-state index contributed by atoms with van der Waals surface area (Å²) in [5.74, 6) is 0.735. The molecular weight excluding hydrogens is 218 g/mol. The fraction of sp³-hybridized carbons (Fsp3) is 0.167. The van der Waals surface area contributed by atoms with E-state index in [2.05, 4.69) is 10.3 Å². The van der Waals surface area contributed by atoms with Gasteiger partial charge < -0.3 is 15.5 Å². The zero-order valence-electron chi connectivity index (χ0n) is 9.43. The Bertz CT molecular complexity index is 534. The maximum atomic E-state index is 11.8. The van der Waals surface area contributed by atoms with Crippen LogP contribution in [0.1, 0.15) is 23.2 Å². The van der Waals surface area contributed by atoms with Gasteiger partial charge in [-0.1, -0.05) is 6.92 Å². The van der Waals surface area contributed by atoms with Gasteiger partial charge in [0.1, 0.15) is 5.76 Å². The molecule has 2 aromatic heterocycles. The van der Waals surface area contributed by atoms with Crippen LogP contribution in [0.5, 0.6) is 0 Å². The van der Waals surface area contributed by atoms with Gasteiger partial charge in [0.05, 0.1) is 17.6 Å². The monoisotopic (exact) mass is 231 g/mol. The van der Waals surface area contributed by atoms with Gasteiger partial charge in [-0.25, -0.2) is 0 Å². The van der Waals surface area contributed by atoms with Crippen molar-refractivity contribution in [3.05, 3.63) is 42.1 Å². The maximum absolute atomic E-state index is 11.8. The molecule has 2 heterocycles. The molecular formula is C12H13N3O2. The quantitative estimate of drug-likeness (QED) is 0.847. The van der Waals surface area contributed by atoms with E-state index >= 15 is 0 Å². The smallest absolute Gasteiger partial charge is 0.291 e. The highest BCUT2D eigenvalue weighted by Gasteiger charge is 2.11. The van der Waals surface area contributed by atoms with Crippen molar-refractivity contribution in [1.82, 2.24) is 4.98 Å². The Kier molecular flexibility index (Phi) is 3.09. The highest BCUT2D eigenvalue weighted by Crippen LogP contribution is 2.17. The number of rotatable bonds is 3. The number of nitrogens with one attached hydrogen (secondary N) is 1. The number of amides is 1. The van der Waals surface area contributed by atoms with Crippen molar-refractivity contribution in [3.63, 3.8) is 0 Å². The van der Waals surface area contributed by atoms with Gasteiger partial charge in [-0.3, -0.25) is 9.78 Å². The van der Waals surface area contributed by atoms with Crippen LogP contribution >= 0.6 is 0 Å². The van der Waals surface area contributed by atoms with Crippen molar-refractivity contribution >= 4 is 17.3 Å². The number of pyridine rings is 1. The number of nitrogen functional groups attached to an aromatic ring is 1. The van der Waals surface area contributed by atoms with Gasteiger partial charge in [0, 0.05) is 12.6 Å². The maximum Gasteiger partial charge on any atom is 0.291 e. The first-order chi connectivity index (χ1) is 8.20. The van der Waals surface area contributed by atoms with Crippen LogP contribution in [0.15, 0.2) is 35.0 Å². The van der Waals surface area contributed by atoms with E-state index in [4.69, 9.17) is 10.2 Å². The molecule has 17 heavy (non-hydrogen) atoms. The summed E-state index contributed by atoms with van der Waals surface area (Å²) in [6.07, 6.45) is 3.80. The Morgan fingerprint density at radius 2 is 2.29 bits per heavy atom. The molecule has 0 aromatic carbocycles. The molecule has 5 nitrogen and oxygen atoms in total. The highest BCUT2D eigenvalue weighted by atomic mass is 16.3. The molecule has 0 saturated heterocycles. The molecule has 2 rings (SSSR count). The predicted octanol–water partition coefficient (Wildman–Crippen LogP) is 2.07. The van der Waals surface area contributed by atoms with Crippen molar-refractivity contribution in [2.45, 2.75) is 13.3 Å². The molecule has 0 aliphatic carbocycles. The Labute approximate surface area is 98.6 Å². The summed E-state index contributed by atoms with van der Waals surface area (Å²) < 4.78 is 5.34. The molecule has 0 atom stereocenters. The zero-order valence-corrected chi connectivity index (χ0v) is 9.43. The van der Waals surface area contributed by atoms with E-state index in [0.717, 1.165) is 12.2 Å². The van der Waals surface area contributed by atoms with Crippen LogP contribution in [0.2, 0.25) is 0 Å². The number of aromatic nitrogens is 1. The second kappa shape index (κ2) is 4.69. The Morgan fingerprint density at radius 1 is 1.47 bits per heavy atom. The van der Waals surface area contributed by atoms with E-state index in [-0.39, 0.29) is 11.7 Å². The van der Waals surface area contributed by atoms with Gasteiger partial charge in [0.15, 0.2) is 5.76 Å². The number of aryl methyl sites for hydroxylation is 1. The van der Waals surface area contributed by atoms with Gasteiger partial charge in [0.2, 0.25) is 0 Å². The molecule has 0 fully saturated rings. The van der Waals surface area contributed by atoms with Crippen LogP contribution in [0.3, 0.4) is 0 Å². The fourth-order valence-corrected chi connectivity index (χ4v) is 1.39. The van der Waals surface area contributed by atoms with Crippen molar-refractivity contribution in [1.29, 1.82) is 0 Å². The van der Waals surface area contributed by atoms with E-state index in [1.807, 2.05) is 6.92 Å². The average molecular weight is 231 g/mol. The summed E-state index contributed by atoms with van der Waals surface area (Å²) in [6.45, 7) is 1.96. The van der Waals surface area contributed by atoms with Crippen LogP contribution in [-0.4, -0.2) is 10.9 Å². The molecule has 0 radical (unpaired) electrons. The number of furan rings is 1. The standard InChI is InChI=1S/C12H13N3O2/c1-2-8-3-4-11(17-8)12(16)15-10-5-6-14-7-9(10)13/h3-7H,2,13H2,1H3,(H,14,15,16). The topological polar surface area (TPSA) is 81.2 Å². The first-order valence-electron chi connectivity index (χ1n) is 5.30. The van der Waals surface area contributed by atoms with Gasteiger partial charge in [-0.15, -0.1) is 0 Å². The van der Waals surface area contributed by atoms with E-state index in [9.17, 15) is 4.79 Å². The summed E-state index contributed by atoms with van der Waals surface area (Å²) in [7, 11) is 0. The zero-order chi connectivity index (χ0) is 12.3. The molecule has 0 bridgehead atoms. The van der Waals surface area contributed by atoms with Crippen LogP contribution in [0, 0.1) is 0 Å². The molecule has 88 valence electrons. The fourth-order valence-electron chi connectivity index (χ4n) is 1.39. The van der Waals surface area contributed by atoms with Gasteiger partial charge >= 0.3 is 0 Å². The van der Waals surface area contributed by atoms with Crippen LogP contribution in [0.25, 0.3) is 0 Å². The first-order valence-corrected chi connectivity index (χ1v) is 5.30. The summed E-state index contributed by atoms with van der Waals surface area (Å²) in [4.78, 5) is 15.7. The Morgan fingerprint density at radius 3 is 2.94 bits per heavy atom. The molecule has 0 spiro atoms. The minimum Gasteiger partial charge on any atom is -0.456 e. The number of hydrogen-bond donors (Lipinski definition) is 2. The minimum absolute atomic E-state index is 0.276. The minimum atomic E-state index is -0.317. The molecule has 1 amide bonds. The molecule has 0 aliphatic heterocycles.